The van der Waals surface area contributed by atoms with Gasteiger partial charge in [0.05, 0.1) is 6.61 Å². The fourth-order valence-corrected chi connectivity index (χ4v) is 5.36. The largest absolute Gasteiger partial charge is 0.465 e. The summed E-state index contributed by atoms with van der Waals surface area (Å²) in [6, 6.07) is 11.9. The van der Waals surface area contributed by atoms with Crippen LogP contribution in [0.2, 0.25) is 0 Å². The summed E-state index contributed by atoms with van der Waals surface area (Å²) in [6.07, 6.45) is 1.57. The van der Waals surface area contributed by atoms with Gasteiger partial charge in [0, 0.05) is 34.4 Å². The number of Topliss-reactive ketones (excluding diaryl/α,β-unsaturated/α-hetero) is 1. The van der Waals surface area contributed by atoms with Gasteiger partial charge in [-0.15, -0.1) is 11.3 Å². The lowest BCUT2D eigenvalue weighted by molar-refractivity contribution is -0.152. The summed E-state index contributed by atoms with van der Waals surface area (Å²) < 4.78 is 5.29. The van der Waals surface area contributed by atoms with Crippen molar-refractivity contribution in [2.45, 2.75) is 44.9 Å². The number of allylic oxidation sites excluding steroid dienone is 2. The number of rotatable bonds is 5. The summed E-state index contributed by atoms with van der Waals surface area (Å²) in [5.74, 6) is -2.34. The third kappa shape index (κ3) is 3.72. The number of carbonyl (C=O) groups is 3. The number of nitrogens with one attached hydrogen (secondary N) is 1. The minimum atomic E-state index is -0.880. The summed E-state index contributed by atoms with van der Waals surface area (Å²) in [5, 5.41) is 4.86. The smallest absolute Gasteiger partial charge is 0.317 e. The van der Waals surface area contributed by atoms with E-state index < -0.39 is 11.9 Å². The van der Waals surface area contributed by atoms with Crippen LogP contribution >= 0.6 is 11.3 Å². The minimum Gasteiger partial charge on any atom is -0.465 e. The molecule has 2 heterocycles. The Morgan fingerprint density at radius 3 is 2.53 bits per heavy atom. The van der Waals surface area contributed by atoms with Gasteiger partial charge in [-0.05, 0) is 42.3 Å². The van der Waals surface area contributed by atoms with Crippen LogP contribution in [0.15, 0.2) is 53.0 Å². The summed E-state index contributed by atoms with van der Waals surface area (Å²) in [7, 11) is 0. The van der Waals surface area contributed by atoms with Crippen molar-refractivity contribution in [3.05, 3.63) is 69.1 Å². The molecule has 0 spiro atoms. The Morgan fingerprint density at radius 2 is 1.90 bits per heavy atom. The molecule has 6 heteroatoms. The molecule has 1 amide bonds. The topological polar surface area (TPSA) is 72.5 Å². The van der Waals surface area contributed by atoms with Gasteiger partial charge in [-0.3, -0.25) is 14.4 Å². The molecule has 0 saturated heterocycles. The minimum absolute atomic E-state index is 0.0920. The van der Waals surface area contributed by atoms with E-state index in [1.165, 1.54) is 16.9 Å². The molecule has 0 radical (unpaired) electrons. The highest BCUT2D eigenvalue weighted by Gasteiger charge is 2.47. The molecule has 0 fully saturated rings. The zero-order chi connectivity index (χ0) is 21.3. The Hall–Kier alpha value is -2.73. The number of aryl methyl sites for hydroxylation is 1. The lowest BCUT2D eigenvalue weighted by Crippen LogP contribution is -2.44. The molecule has 1 aliphatic heterocycles. The molecule has 0 bridgehead atoms. The molecule has 2 aromatic rings. The second-order valence-corrected chi connectivity index (χ2v) is 8.69. The van der Waals surface area contributed by atoms with Crippen molar-refractivity contribution in [2.75, 3.05) is 6.61 Å². The molecule has 2 aliphatic rings. The Morgan fingerprint density at radius 1 is 1.13 bits per heavy atom. The molecule has 0 unspecified atom stereocenters. The number of esters is 1. The Bertz CT molecular complexity index is 991. The predicted octanol–water partition coefficient (Wildman–Crippen LogP) is 4.10. The standard InChI is InChI=1S/C24H25NO4S/c1-3-14-7-9-15(10-8-14)16-13-20(26)25-18-12-17(19-6-5-11-30-19)22(23(27)21(16)18)24(28)29-4-2/h5-11,16-17,22H,3-4,12-13H2,1-2H3,(H,25,26)/t16-,17+,22-/m1/s1. The van der Waals surface area contributed by atoms with Gasteiger partial charge < -0.3 is 10.1 Å². The second-order valence-electron chi connectivity index (χ2n) is 7.71. The van der Waals surface area contributed by atoms with E-state index >= 15 is 0 Å². The van der Waals surface area contributed by atoms with E-state index in [4.69, 9.17) is 4.74 Å². The number of thiophene rings is 1. The van der Waals surface area contributed by atoms with Crippen LogP contribution in [0.3, 0.4) is 0 Å². The van der Waals surface area contributed by atoms with Crippen LogP contribution in [-0.4, -0.2) is 24.3 Å². The molecule has 30 heavy (non-hydrogen) atoms. The van der Waals surface area contributed by atoms with Crippen molar-refractivity contribution in [1.82, 2.24) is 5.32 Å². The first kappa shape index (κ1) is 20.5. The Kier molecular flexibility index (Phi) is 5.86. The van der Waals surface area contributed by atoms with Crippen molar-refractivity contribution in [2.24, 2.45) is 5.92 Å². The van der Waals surface area contributed by atoms with Crippen LogP contribution in [0.25, 0.3) is 0 Å². The summed E-state index contributed by atoms with van der Waals surface area (Å²) in [5.41, 5.74) is 3.34. The van der Waals surface area contributed by atoms with Crippen LogP contribution in [0, 0.1) is 5.92 Å². The first-order valence-electron chi connectivity index (χ1n) is 10.4. The molecular formula is C24H25NO4S. The van der Waals surface area contributed by atoms with E-state index in [0.29, 0.717) is 17.7 Å². The van der Waals surface area contributed by atoms with Gasteiger partial charge in [-0.25, -0.2) is 0 Å². The van der Waals surface area contributed by atoms with E-state index in [9.17, 15) is 14.4 Å². The molecule has 3 atom stereocenters. The van der Waals surface area contributed by atoms with Gasteiger partial charge >= 0.3 is 5.97 Å². The van der Waals surface area contributed by atoms with Gasteiger partial charge in [0.15, 0.2) is 5.78 Å². The fourth-order valence-electron chi connectivity index (χ4n) is 4.49. The number of ketones is 1. The lowest BCUT2D eigenvalue weighted by Gasteiger charge is -2.37. The maximum Gasteiger partial charge on any atom is 0.317 e. The van der Waals surface area contributed by atoms with Crippen LogP contribution in [0.1, 0.15) is 54.5 Å². The van der Waals surface area contributed by atoms with E-state index in [1.54, 1.807) is 6.92 Å². The van der Waals surface area contributed by atoms with Gasteiger partial charge in [0.2, 0.25) is 5.91 Å². The van der Waals surface area contributed by atoms with Crippen molar-refractivity contribution in [1.29, 1.82) is 0 Å². The third-order valence-electron chi connectivity index (χ3n) is 5.97. The molecule has 156 valence electrons. The monoisotopic (exact) mass is 423 g/mol. The number of amides is 1. The van der Waals surface area contributed by atoms with Crippen LogP contribution < -0.4 is 5.32 Å². The highest BCUT2D eigenvalue weighted by atomic mass is 32.1. The Balaban J connectivity index is 1.78. The first-order chi connectivity index (χ1) is 14.5. The normalized spacial score (nSPS) is 23.7. The molecule has 5 nitrogen and oxygen atoms in total. The van der Waals surface area contributed by atoms with E-state index in [1.807, 2.05) is 41.8 Å². The zero-order valence-electron chi connectivity index (χ0n) is 17.1. The van der Waals surface area contributed by atoms with E-state index in [0.717, 1.165) is 16.9 Å². The maximum atomic E-state index is 13.7. The second kappa shape index (κ2) is 8.56. The van der Waals surface area contributed by atoms with Crippen LogP contribution in [0.5, 0.6) is 0 Å². The molecule has 1 aliphatic carbocycles. The first-order valence-corrected chi connectivity index (χ1v) is 11.3. The molecular weight excluding hydrogens is 398 g/mol. The number of carbonyl (C=O) groups excluding carboxylic acids is 3. The predicted molar refractivity (Wildman–Crippen MR) is 115 cm³/mol. The average molecular weight is 424 g/mol. The number of ether oxygens (including phenoxy) is 1. The number of hydrogen-bond donors (Lipinski definition) is 1. The lowest BCUT2D eigenvalue weighted by atomic mass is 9.69. The van der Waals surface area contributed by atoms with Gasteiger partial charge in [-0.1, -0.05) is 37.3 Å². The molecule has 1 aromatic carbocycles. The highest BCUT2D eigenvalue weighted by Crippen LogP contribution is 2.46. The third-order valence-corrected chi connectivity index (χ3v) is 6.97. The van der Waals surface area contributed by atoms with Crippen LogP contribution in [-0.2, 0) is 25.5 Å². The Labute approximate surface area is 180 Å². The molecule has 4 rings (SSSR count). The van der Waals surface area contributed by atoms with Gasteiger partial charge in [0.25, 0.3) is 0 Å². The van der Waals surface area contributed by atoms with Crippen molar-refractivity contribution in [3.63, 3.8) is 0 Å². The molecule has 0 saturated carbocycles. The number of benzene rings is 1. The molecule has 1 N–H and O–H groups in total. The van der Waals surface area contributed by atoms with Crippen molar-refractivity contribution < 1.29 is 19.1 Å². The maximum absolute atomic E-state index is 13.7. The quantitative estimate of drug-likeness (QED) is 0.580. The summed E-state index contributed by atoms with van der Waals surface area (Å²) >= 11 is 1.52. The van der Waals surface area contributed by atoms with Gasteiger partial charge in [-0.2, -0.15) is 0 Å². The number of hydrogen-bond acceptors (Lipinski definition) is 5. The molecule has 1 aromatic heterocycles. The van der Waals surface area contributed by atoms with Crippen molar-refractivity contribution in [3.8, 4) is 0 Å². The SMILES string of the molecule is CCOC(=O)[C@H]1C(=O)C2=C(C[C@H]1c1cccs1)NC(=O)C[C@@H]2c1ccc(CC)cc1. The van der Waals surface area contributed by atoms with Crippen molar-refractivity contribution >= 4 is 29.0 Å². The summed E-state index contributed by atoms with van der Waals surface area (Å²) in [6.45, 7) is 4.06. The highest BCUT2D eigenvalue weighted by molar-refractivity contribution is 7.10. The van der Waals surface area contributed by atoms with E-state index in [2.05, 4.69) is 12.2 Å². The van der Waals surface area contributed by atoms with E-state index in [-0.39, 0.29) is 36.6 Å². The zero-order valence-corrected chi connectivity index (χ0v) is 18.0. The summed E-state index contributed by atoms with van der Waals surface area (Å²) in [4.78, 5) is 40.0. The van der Waals surface area contributed by atoms with Gasteiger partial charge in [0.1, 0.15) is 5.92 Å². The fraction of sp³-hybridized carbons (Fsp3) is 0.375. The average Bonchev–Trinajstić information content (AvgIpc) is 3.27. The van der Waals surface area contributed by atoms with Crippen LogP contribution in [0.4, 0.5) is 0 Å².